The van der Waals surface area contributed by atoms with E-state index >= 15 is 0 Å². The van der Waals surface area contributed by atoms with Gasteiger partial charge in [-0.3, -0.25) is 0 Å². The third-order valence-electron chi connectivity index (χ3n) is 2.28. The smallest absolute Gasteiger partial charge is 0.150 e. The van der Waals surface area contributed by atoms with Crippen molar-refractivity contribution < 1.29 is 8.42 Å². The molecular formula is C9H17NO2S. The third-order valence-corrected chi connectivity index (χ3v) is 4.01. The Bertz CT molecular complexity index is 272. The van der Waals surface area contributed by atoms with E-state index in [1.165, 1.54) is 5.57 Å². The van der Waals surface area contributed by atoms with Gasteiger partial charge in [0, 0.05) is 12.3 Å². The van der Waals surface area contributed by atoms with Gasteiger partial charge in [-0.2, -0.15) is 0 Å². The van der Waals surface area contributed by atoms with Gasteiger partial charge in [0.25, 0.3) is 0 Å². The van der Waals surface area contributed by atoms with Crippen LogP contribution in [-0.4, -0.2) is 33.0 Å². The van der Waals surface area contributed by atoms with Gasteiger partial charge in [-0.05, 0) is 19.4 Å². The number of nitrogens with one attached hydrogen (secondary N) is 1. The molecule has 13 heavy (non-hydrogen) atoms. The second-order valence-corrected chi connectivity index (χ2v) is 5.79. The fourth-order valence-corrected chi connectivity index (χ4v) is 2.11. The fourth-order valence-electron chi connectivity index (χ4n) is 1.35. The summed E-state index contributed by atoms with van der Waals surface area (Å²) in [5.74, 6) is 0.557. The zero-order valence-electron chi connectivity index (χ0n) is 8.04. The molecule has 0 aromatic rings. The quantitative estimate of drug-likeness (QED) is 0.685. The van der Waals surface area contributed by atoms with E-state index in [-0.39, 0.29) is 5.75 Å². The Morgan fingerprint density at radius 3 is 2.85 bits per heavy atom. The molecule has 0 unspecified atom stereocenters. The molecule has 1 fully saturated rings. The second kappa shape index (κ2) is 4.77. The van der Waals surface area contributed by atoms with Gasteiger partial charge in [0.1, 0.15) is 9.84 Å². The first-order valence-electron chi connectivity index (χ1n) is 4.73. The third kappa shape index (κ3) is 3.91. The van der Waals surface area contributed by atoms with Crippen molar-refractivity contribution in [3.05, 3.63) is 11.6 Å². The van der Waals surface area contributed by atoms with E-state index in [1.807, 2.05) is 0 Å². The summed E-state index contributed by atoms with van der Waals surface area (Å²) >= 11 is 0. The Kier molecular flexibility index (Phi) is 3.93. The maximum absolute atomic E-state index is 11.1. The Morgan fingerprint density at radius 2 is 2.31 bits per heavy atom. The normalized spacial score (nSPS) is 21.2. The van der Waals surface area contributed by atoms with Crippen molar-refractivity contribution in [2.75, 3.05) is 24.6 Å². The second-order valence-electron chi connectivity index (χ2n) is 3.31. The van der Waals surface area contributed by atoms with Crippen LogP contribution in [-0.2, 0) is 9.84 Å². The number of hydrogen-bond donors (Lipinski definition) is 1. The Balaban J connectivity index is 2.31. The van der Waals surface area contributed by atoms with Gasteiger partial charge in [0.05, 0.1) is 5.75 Å². The fraction of sp³-hybridized carbons (Fsp3) is 0.778. The summed E-state index contributed by atoms with van der Waals surface area (Å²) in [4.78, 5) is 0. The van der Waals surface area contributed by atoms with E-state index in [1.54, 1.807) is 6.92 Å². The Hall–Kier alpha value is -0.350. The highest BCUT2D eigenvalue weighted by Crippen LogP contribution is 2.07. The van der Waals surface area contributed by atoms with Crippen LogP contribution in [0.3, 0.4) is 0 Å². The molecule has 1 rings (SSSR count). The Labute approximate surface area is 80.1 Å². The van der Waals surface area contributed by atoms with E-state index in [0.717, 1.165) is 19.5 Å². The van der Waals surface area contributed by atoms with Crippen molar-refractivity contribution in [1.29, 1.82) is 0 Å². The van der Waals surface area contributed by atoms with Crippen LogP contribution in [0.2, 0.25) is 0 Å². The average Bonchev–Trinajstić information content (AvgIpc) is 2.57. The van der Waals surface area contributed by atoms with Gasteiger partial charge in [-0.1, -0.05) is 18.6 Å². The maximum atomic E-state index is 11.1. The summed E-state index contributed by atoms with van der Waals surface area (Å²) in [6.45, 7) is 3.66. The molecule has 1 saturated heterocycles. The molecule has 0 radical (unpaired) electrons. The molecule has 4 heteroatoms. The number of hydrogen-bond acceptors (Lipinski definition) is 3. The standard InChI is InChI=1S/C9H17NO2S/c1-2-13(11,12)7-3-4-9-5-6-10-8-9/h4,10H,2-3,5-8H2,1H3. The van der Waals surface area contributed by atoms with Crippen molar-refractivity contribution in [2.45, 2.75) is 19.8 Å². The summed E-state index contributed by atoms with van der Waals surface area (Å²) in [6, 6.07) is 0. The SMILES string of the molecule is CCS(=O)(=O)CCC=C1CCNC1. The van der Waals surface area contributed by atoms with Crippen molar-refractivity contribution in [2.24, 2.45) is 0 Å². The zero-order chi connectivity index (χ0) is 9.73. The molecule has 0 bridgehead atoms. The first-order valence-corrected chi connectivity index (χ1v) is 6.55. The van der Waals surface area contributed by atoms with Crippen LogP contribution in [0.5, 0.6) is 0 Å². The van der Waals surface area contributed by atoms with Crippen LogP contribution in [0, 0.1) is 0 Å². The van der Waals surface area contributed by atoms with E-state index in [4.69, 9.17) is 0 Å². The van der Waals surface area contributed by atoms with Crippen molar-refractivity contribution in [3.63, 3.8) is 0 Å². The minimum atomic E-state index is -2.78. The monoisotopic (exact) mass is 203 g/mol. The lowest BCUT2D eigenvalue weighted by Gasteiger charge is -1.98. The molecular weight excluding hydrogens is 186 g/mol. The van der Waals surface area contributed by atoms with Gasteiger partial charge in [0.15, 0.2) is 0 Å². The molecule has 0 aromatic heterocycles. The lowest BCUT2D eigenvalue weighted by Crippen LogP contribution is -2.08. The van der Waals surface area contributed by atoms with E-state index in [0.29, 0.717) is 12.2 Å². The largest absolute Gasteiger partial charge is 0.313 e. The predicted octanol–water partition coefficient (Wildman–Crippen LogP) is 0.731. The number of allylic oxidation sites excluding steroid dienone is 1. The molecule has 1 N–H and O–H groups in total. The zero-order valence-corrected chi connectivity index (χ0v) is 8.86. The van der Waals surface area contributed by atoms with Gasteiger partial charge in [-0.15, -0.1) is 0 Å². The lowest BCUT2D eigenvalue weighted by atomic mass is 10.2. The number of sulfone groups is 1. The summed E-state index contributed by atoms with van der Waals surface area (Å²) in [7, 11) is -2.78. The first-order chi connectivity index (χ1) is 6.14. The molecule has 0 amide bonds. The molecule has 3 nitrogen and oxygen atoms in total. The topological polar surface area (TPSA) is 46.2 Å². The van der Waals surface area contributed by atoms with Crippen LogP contribution in [0.1, 0.15) is 19.8 Å². The van der Waals surface area contributed by atoms with Crippen molar-refractivity contribution in [3.8, 4) is 0 Å². The van der Waals surface area contributed by atoms with Gasteiger partial charge >= 0.3 is 0 Å². The molecule has 0 aromatic carbocycles. The molecule has 0 spiro atoms. The summed E-state index contributed by atoms with van der Waals surface area (Å²) in [5, 5.41) is 3.22. The molecule has 1 aliphatic rings. The minimum absolute atomic E-state index is 0.258. The van der Waals surface area contributed by atoms with Gasteiger partial charge < -0.3 is 5.32 Å². The van der Waals surface area contributed by atoms with Gasteiger partial charge in [-0.25, -0.2) is 8.42 Å². The summed E-state index contributed by atoms with van der Waals surface area (Å²) in [5.41, 5.74) is 1.35. The number of rotatable bonds is 4. The highest BCUT2D eigenvalue weighted by Gasteiger charge is 2.07. The highest BCUT2D eigenvalue weighted by molar-refractivity contribution is 7.91. The average molecular weight is 203 g/mol. The predicted molar refractivity (Wildman–Crippen MR) is 54.5 cm³/mol. The lowest BCUT2D eigenvalue weighted by molar-refractivity contribution is 0.597. The molecule has 76 valence electrons. The van der Waals surface area contributed by atoms with Crippen molar-refractivity contribution in [1.82, 2.24) is 5.32 Å². The van der Waals surface area contributed by atoms with Crippen LogP contribution < -0.4 is 5.32 Å². The van der Waals surface area contributed by atoms with Gasteiger partial charge in [0.2, 0.25) is 0 Å². The molecule has 0 aliphatic carbocycles. The molecule has 1 heterocycles. The van der Waals surface area contributed by atoms with Crippen LogP contribution in [0.4, 0.5) is 0 Å². The van der Waals surface area contributed by atoms with Crippen LogP contribution in [0.25, 0.3) is 0 Å². The van der Waals surface area contributed by atoms with Crippen LogP contribution in [0.15, 0.2) is 11.6 Å². The molecule has 1 aliphatic heterocycles. The molecule has 0 saturated carbocycles. The maximum Gasteiger partial charge on any atom is 0.150 e. The minimum Gasteiger partial charge on any atom is -0.313 e. The van der Waals surface area contributed by atoms with E-state index < -0.39 is 9.84 Å². The van der Waals surface area contributed by atoms with Crippen molar-refractivity contribution >= 4 is 9.84 Å². The summed E-state index contributed by atoms with van der Waals surface area (Å²) in [6.07, 6.45) is 3.81. The summed E-state index contributed by atoms with van der Waals surface area (Å²) < 4.78 is 22.3. The Morgan fingerprint density at radius 1 is 1.54 bits per heavy atom. The highest BCUT2D eigenvalue weighted by atomic mass is 32.2. The van der Waals surface area contributed by atoms with Crippen LogP contribution >= 0.6 is 0 Å². The first kappa shape index (κ1) is 10.7. The molecule has 0 atom stereocenters. The van der Waals surface area contributed by atoms with E-state index in [2.05, 4.69) is 11.4 Å². The van der Waals surface area contributed by atoms with E-state index in [9.17, 15) is 8.42 Å².